The maximum Gasteiger partial charge on any atom is 0.133 e. The molecule has 0 spiro atoms. The van der Waals surface area contributed by atoms with Crippen LogP contribution in [0.4, 0.5) is 5.69 Å². The molecule has 2 aromatic rings. The molecule has 2 saturated heterocycles. The Hall–Kier alpha value is -1.85. The van der Waals surface area contributed by atoms with E-state index in [4.69, 9.17) is 9.15 Å². The van der Waals surface area contributed by atoms with E-state index in [9.17, 15) is 0 Å². The Labute approximate surface area is 149 Å². The van der Waals surface area contributed by atoms with Gasteiger partial charge in [0.15, 0.2) is 0 Å². The molecule has 4 heterocycles. The quantitative estimate of drug-likeness (QED) is 0.851. The topological polar surface area (TPSA) is 41.7 Å². The summed E-state index contributed by atoms with van der Waals surface area (Å²) in [7, 11) is 0. The molecule has 5 nitrogen and oxygen atoms in total. The van der Waals surface area contributed by atoms with Gasteiger partial charge in [-0.05, 0) is 49.9 Å². The zero-order valence-corrected chi connectivity index (χ0v) is 15.0. The summed E-state index contributed by atoms with van der Waals surface area (Å²) in [5, 5.41) is 0. The number of pyridine rings is 1. The van der Waals surface area contributed by atoms with Crippen LogP contribution in [0.1, 0.15) is 42.5 Å². The van der Waals surface area contributed by atoms with Gasteiger partial charge in [-0.15, -0.1) is 0 Å². The second-order valence-corrected chi connectivity index (χ2v) is 7.08. The number of anilines is 1. The van der Waals surface area contributed by atoms with Crippen molar-refractivity contribution in [2.75, 3.05) is 37.7 Å². The fraction of sp³-hybridized carbons (Fsp3) is 0.550. The summed E-state index contributed by atoms with van der Waals surface area (Å²) in [5.41, 5.74) is 2.56. The zero-order valence-electron chi connectivity index (χ0n) is 15.0. The van der Waals surface area contributed by atoms with E-state index in [1.165, 1.54) is 24.1 Å². The Morgan fingerprint density at radius 1 is 1.12 bits per heavy atom. The van der Waals surface area contributed by atoms with Crippen molar-refractivity contribution >= 4 is 5.69 Å². The molecule has 1 atom stereocenters. The Kier molecular flexibility index (Phi) is 5.04. The summed E-state index contributed by atoms with van der Waals surface area (Å²) >= 11 is 0. The van der Waals surface area contributed by atoms with Crippen LogP contribution in [0.15, 0.2) is 35.0 Å². The highest BCUT2D eigenvalue weighted by Gasteiger charge is 2.22. The van der Waals surface area contributed by atoms with Gasteiger partial charge in [-0.1, -0.05) is 0 Å². The van der Waals surface area contributed by atoms with Gasteiger partial charge in [0.2, 0.25) is 0 Å². The lowest BCUT2D eigenvalue weighted by Gasteiger charge is -2.36. The normalized spacial score (nSPS) is 22.3. The first kappa shape index (κ1) is 16.6. The molecular formula is C20H27N3O2. The van der Waals surface area contributed by atoms with E-state index in [-0.39, 0.29) is 6.10 Å². The van der Waals surface area contributed by atoms with Gasteiger partial charge in [0.1, 0.15) is 17.6 Å². The van der Waals surface area contributed by atoms with Gasteiger partial charge in [-0.25, -0.2) is 0 Å². The molecule has 5 heteroatoms. The van der Waals surface area contributed by atoms with E-state index < -0.39 is 0 Å². The van der Waals surface area contributed by atoms with Gasteiger partial charge < -0.3 is 14.1 Å². The fourth-order valence-corrected chi connectivity index (χ4v) is 3.81. The number of nitrogens with zero attached hydrogens (tertiary/aromatic N) is 3. The van der Waals surface area contributed by atoms with Crippen LogP contribution in [-0.2, 0) is 11.3 Å². The predicted octanol–water partition coefficient (Wildman–Crippen LogP) is 3.55. The number of hydrogen-bond acceptors (Lipinski definition) is 5. The van der Waals surface area contributed by atoms with E-state index in [1.807, 2.05) is 12.4 Å². The maximum absolute atomic E-state index is 6.07. The molecular weight excluding hydrogens is 314 g/mol. The number of hydrogen-bond donors (Lipinski definition) is 0. The minimum absolute atomic E-state index is 0.161. The van der Waals surface area contributed by atoms with Gasteiger partial charge in [-0.3, -0.25) is 9.88 Å². The van der Waals surface area contributed by atoms with Crippen molar-refractivity contribution in [3.8, 4) is 0 Å². The molecule has 0 radical (unpaired) electrons. The van der Waals surface area contributed by atoms with Crippen LogP contribution < -0.4 is 4.90 Å². The predicted molar refractivity (Wildman–Crippen MR) is 97.7 cm³/mol. The standard InChI is InChI=1S/C20H27N3O2/c1-16-14-21-8-7-18(16)23-11-9-22(10-12-23)15-17-5-6-20(25-17)19-4-2-3-13-24-19/h5-8,14,19H,2-4,9-13,15H2,1H3/t19-/m1/s1. The van der Waals surface area contributed by atoms with Gasteiger partial charge in [0.25, 0.3) is 0 Å². The van der Waals surface area contributed by atoms with Gasteiger partial charge in [0.05, 0.1) is 6.54 Å². The average molecular weight is 341 g/mol. The summed E-state index contributed by atoms with van der Waals surface area (Å²) in [6.07, 6.45) is 7.47. The zero-order chi connectivity index (χ0) is 17.1. The molecule has 2 aliphatic heterocycles. The number of furan rings is 1. The van der Waals surface area contributed by atoms with Crippen LogP contribution in [0.25, 0.3) is 0 Å². The Morgan fingerprint density at radius 2 is 2.00 bits per heavy atom. The monoisotopic (exact) mass is 341 g/mol. The summed E-state index contributed by atoms with van der Waals surface area (Å²) in [6, 6.07) is 6.34. The van der Waals surface area contributed by atoms with Crippen LogP contribution in [0.2, 0.25) is 0 Å². The first-order valence-electron chi connectivity index (χ1n) is 9.38. The lowest BCUT2D eigenvalue weighted by atomic mass is 10.1. The van der Waals surface area contributed by atoms with Crippen molar-refractivity contribution in [3.63, 3.8) is 0 Å². The largest absolute Gasteiger partial charge is 0.462 e. The van der Waals surface area contributed by atoms with E-state index in [2.05, 4.69) is 39.9 Å². The third-order valence-electron chi connectivity index (χ3n) is 5.26. The summed E-state index contributed by atoms with van der Waals surface area (Å²) in [4.78, 5) is 9.12. The van der Waals surface area contributed by atoms with Crippen molar-refractivity contribution in [1.82, 2.24) is 9.88 Å². The third kappa shape index (κ3) is 3.88. The highest BCUT2D eigenvalue weighted by Crippen LogP contribution is 2.29. The Balaban J connectivity index is 1.31. The molecule has 2 fully saturated rings. The van der Waals surface area contributed by atoms with E-state index in [0.29, 0.717) is 0 Å². The Bertz CT molecular complexity index is 686. The molecule has 0 amide bonds. The first-order valence-corrected chi connectivity index (χ1v) is 9.38. The van der Waals surface area contributed by atoms with Crippen molar-refractivity contribution in [2.45, 2.75) is 38.8 Å². The molecule has 2 aliphatic rings. The van der Waals surface area contributed by atoms with Crippen molar-refractivity contribution < 1.29 is 9.15 Å². The lowest BCUT2D eigenvalue weighted by Crippen LogP contribution is -2.46. The molecule has 0 unspecified atom stereocenters. The van der Waals surface area contributed by atoms with Crippen LogP contribution in [-0.4, -0.2) is 42.7 Å². The SMILES string of the molecule is Cc1cnccc1N1CCN(Cc2ccc([C@H]3CCCCO3)o2)CC1. The molecule has 0 aliphatic carbocycles. The minimum atomic E-state index is 0.161. The fourth-order valence-electron chi connectivity index (χ4n) is 3.81. The van der Waals surface area contributed by atoms with E-state index in [1.54, 1.807) is 0 Å². The highest BCUT2D eigenvalue weighted by molar-refractivity contribution is 5.51. The maximum atomic E-state index is 6.07. The number of piperazine rings is 1. The first-order chi connectivity index (χ1) is 12.3. The van der Waals surface area contributed by atoms with Crippen LogP contribution in [0, 0.1) is 6.92 Å². The number of rotatable bonds is 4. The van der Waals surface area contributed by atoms with Crippen molar-refractivity contribution in [2.24, 2.45) is 0 Å². The number of aromatic nitrogens is 1. The second kappa shape index (κ2) is 7.58. The highest BCUT2D eigenvalue weighted by atomic mass is 16.5. The van der Waals surface area contributed by atoms with Crippen LogP contribution in [0.5, 0.6) is 0 Å². The molecule has 0 aromatic carbocycles. The summed E-state index contributed by atoms with van der Waals surface area (Å²) in [5.74, 6) is 2.05. The summed E-state index contributed by atoms with van der Waals surface area (Å²) in [6.45, 7) is 8.07. The average Bonchev–Trinajstić information content (AvgIpc) is 3.12. The third-order valence-corrected chi connectivity index (χ3v) is 5.26. The molecule has 0 saturated carbocycles. The molecule has 0 N–H and O–H groups in total. The van der Waals surface area contributed by atoms with Crippen molar-refractivity contribution in [1.29, 1.82) is 0 Å². The summed E-state index contributed by atoms with van der Waals surface area (Å²) < 4.78 is 11.9. The molecule has 25 heavy (non-hydrogen) atoms. The van der Waals surface area contributed by atoms with Gasteiger partial charge in [0, 0.05) is 50.9 Å². The number of ether oxygens (including phenoxy) is 1. The van der Waals surface area contributed by atoms with Crippen LogP contribution >= 0.6 is 0 Å². The number of aryl methyl sites for hydroxylation is 1. The molecule has 0 bridgehead atoms. The van der Waals surface area contributed by atoms with E-state index >= 15 is 0 Å². The molecule has 2 aromatic heterocycles. The Morgan fingerprint density at radius 3 is 2.76 bits per heavy atom. The van der Waals surface area contributed by atoms with Crippen LogP contribution in [0.3, 0.4) is 0 Å². The lowest BCUT2D eigenvalue weighted by molar-refractivity contribution is 0.000833. The van der Waals surface area contributed by atoms with E-state index in [0.717, 1.165) is 57.3 Å². The van der Waals surface area contributed by atoms with Gasteiger partial charge in [-0.2, -0.15) is 0 Å². The van der Waals surface area contributed by atoms with Crippen molar-refractivity contribution in [3.05, 3.63) is 47.7 Å². The second-order valence-electron chi connectivity index (χ2n) is 7.08. The molecule has 4 rings (SSSR count). The molecule has 134 valence electrons. The van der Waals surface area contributed by atoms with Gasteiger partial charge >= 0.3 is 0 Å². The minimum Gasteiger partial charge on any atom is -0.462 e. The smallest absolute Gasteiger partial charge is 0.133 e.